The van der Waals surface area contributed by atoms with Crippen LogP contribution in [0.25, 0.3) is 0 Å². The summed E-state index contributed by atoms with van der Waals surface area (Å²) >= 11 is 0. The summed E-state index contributed by atoms with van der Waals surface area (Å²) in [7, 11) is 0. The van der Waals surface area contributed by atoms with Crippen molar-refractivity contribution in [2.45, 2.75) is 12.5 Å². The van der Waals surface area contributed by atoms with Crippen LogP contribution in [-0.4, -0.2) is 22.7 Å². The van der Waals surface area contributed by atoms with Gasteiger partial charge < -0.3 is 19.9 Å². The van der Waals surface area contributed by atoms with Gasteiger partial charge in [-0.1, -0.05) is 0 Å². The Hall–Kier alpha value is -2.41. The minimum absolute atomic E-state index is 0.214. The number of amides is 1. The molecule has 2 aromatic rings. The molecule has 0 aliphatic carbocycles. The Labute approximate surface area is 118 Å². The molecule has 1 aromatic heterocycles. The molecule has 1 atom stereocenters. The minimum atomic E-state index is -1.51. The van der Waals surface area contributed by atoms with Crippen LogP contribution >= 0.6 is 0 Å². The second-order valence-electron chi connectivity index (χ2n) is 4.72. The average molecular weight is 297 g/mol. The molecular formula is C14H13F2NO4. The fraction of sp³-hybridized carbons (Fsp3) is 0.214. The molecule has 0 saturated heterocycles. The van der Waals surface area contributed by atoms with Crippen LogP contribution < -0.4 is 5.32 Å². The number of phenolic OH excluding ortho intramolecular Hbond substituents is 1. The fourth-order valence-electron chi connectivity index (χ4n) is 1.80. The van der Waals surface area contributed by atoms with Crippen LogP contribution in [0.5, 0.6) is 5.75 Å². The fourth-order valence-corrected chi connectivity index (χ4v) is 1.80. The maximum absolute atomic E-state index is 13.5. The van der Waals surface area contributed by atoms with Crippen LogP contribution in [0.15, 0.2) is 34.9 Å². The zero-order valence-corrected chi connectivity index (χ0v) is 11.1. The van der Waals surface area contributed by atoms with Crippen molar-refractivity contribution in [1.29, 1.82) is 0 Å². The Bertz CT molecular complexity index is 630. The Kier molecular flexibility index (Phi) is 3.95. The summed E-state index contributed by atoms with van der Waals surface area (Å²) in [6.45, 7) is 1.11. The third-order valence-corrected chi connectivity index (χ3v) is 2.91. The molecule has 0 saturated carbocycles. The van der Waals surface area contributed by atoms with Gasteiger partial charge in [0.25, 0.3) is 5.91 Å². The first-order valence-electron chi connectivity index (χ1n) is 6.04. The van der Waals surface area contributed by atoms with Crippen molar-refractivity contribution in [3.8, 4) is 5.75 Å². The molecule has 7 heteroatoms. The molecule has 0 bridgehead atoms. The van der Waals surface area contributed by atoms with E-state index in [4.69, 9.17) is 4.42 Å². The average Bonchev–Trinajstić information content (AvgIpc) is 2.89. The molecule has 21 heavy (non-hydrogen) atoms. The molecule has 0 fully saturated rings. The molecule has 1 amide bonds. The van der Waals surface area contributed by atoms with Gasteiger partial charge in [-0.3, -0.25) is 4.79 Å². The van der Waals surface area contributed by atoms with Crippen LogP contribution in [0.1, 0.15) is 23.0 Å². The molecule has 0 spiro atoms. The maximum Gasteiger partial charge on any atom is 0.258 e. The van der Waals surface area contributed by atoms with Crippen LogP contribution in [0, 0.1) is 11.6 Å². The lowest BCUT2D eigenvalue weighted by Crippen LogP contribution is -2.38. The van der Waals surface area contributed by atoms with E-state index >= 15 is 0 Å². The Balaban J connectivity index is 2.13. The Morgan fingerprint density at radius 3 is 2.71 bits per heavy atom. The van der Waals surface area contributed by atoms with Gasteiger partial charge in [0.2, 0.25) is 0 Å². The molecule has 3 N–H and O–H groups in total. The minimum Gasteiger partial charge on any atom is -0.507 e. The topological polar surface area (TPSA) is 82.7 Å². The maximum atomic E-state index is 13.5. The van der Waals surface area contributed by atoms with Gasteiger partial charge in [0.1, 0.15) is 34.3 Å². The number of carbonyl (C=O) groups excluding carboxylic acids is 1. The smallest absolute Gasteiger partial charge is 0.258 e. The summed E-state index contributed by atoms with van der Waals surface area (Å²) < 4.78 is 31.4. The monoisotopic (exact) mass is 297 g/mol. The number of rotatable bonds is 4. The highest BCUT2D eigenvalue weighted by Crippen LogP contribution is 2.23. The van der Waals surface area contributed by atoms with Gasteiger partial charge >= 0.3 is 0 Å². The van der Waals surface area contributed by atoms with E-state index in [0.29, 0.717) is 12.1 Å². The van der Waals surface area contributed by atoms with Gasteiger partial charge in [0.05, 0.1) is 12.8 Å². The number of hydrogen-bond donors (Lipinski definition) is 3. The number of nitrogens with one attached hydrogen (secondary N) is 1. The molecule has 0 radical (unpaired) electrons. The Morgan fingerprint density at radius 2 is 2.14 bits per heavy atom. The molecule has 112 valence electrons. The summed E-state index contributed by atoms with van der Waals surface area (Å²) in [6.07, 6.45) is 1.36. The first-order valence-corrected chi connectivity index (χ1v) is 6.04. The van der Waals surface area contributed by atoms with Crippen molar-refractivity contribution >= 4 is 5.91 Å². The van der Waals surface area contributed by atoms with Crippen LogP contribution in [-0.2, 0) is 5.60 Å². The van der Waals surface area contributed by atoms with E-state index in [1.165, 1.54) is 19.3 Å². The summed E-state index contributed by atoms with van der Waals surface area (Å²) in [6, 6.07) is 4.20. The zero-order chi connectivity index (χ0) is 15.6. The van der Waals surface area contributed by atoms with Crippen LogP contribution in [0.2, 0.25) is 0 Å². The molecule has 5 nitrogen and oxygen atoms in total. The number of aromatic hydroxyl groups is 1. The van der Waals surface area contributed by atoms with Gasteiger partial charge in [-0.15, -0.1) is 0 Å². The van der Waals surface area contributed by atoms with Crippen LogP contribution in [0.3, 0.4) is 0 Å². The van der Waals surface area contributed by atoms with Gasteiger partial charge in [0.15, 0.2) is 0 Å². The number of phenols is 1. The van der Waals surface area contributed by atoms with Gasteiger partial charge in [-0.05, 0) is 19.1 Å². The molecular weight excluding hydrogens is 284 g/mol. The quantitative estimate of drug-likeness (QED) is 0.805. The van der Waals surface area contributed by atoms with Crippen molar-refractivity contribution in [2.24, 2.45) is 0 Å². The molecule has 1 aromatic carbocycles. The third-order valence-electron chi connectivity index (χ3n) is 2.91. The number of hydrogen-bond acceptors (Lipinski definition) is 4. The highest BCUT2D eigenvalue weighted by atomic mass is 19.1. The molecule has 1 unspecified atom stereocenters. The number of furan rings is 1. The van der Waals surface area contributed by atoms with Gasteiger partial charge in [-0.25, -0.2) is 8.78 Å². The van der Waals surface area contributed by atoms with Crippen molar-refractivity contribution in [3.05, 3.63) is 53.5 Å². The SMILES string of the molecule is CC(O)(CNC(=O)c1c(O)cc(F)cc1F)c1ccco1. The number of benzene rings is 1. The lowest BCUT2D eigenvalue weighted by atomic mass is 10.0. The van der Waals surface area contributed by atoms with Crippen molar-refractivity contribution < 1.29 is 28.2 Å². The second kappa shape index (κ2) is 5.53. The van der Waals surface area contributed by atoms with E-state index in [2.05, 4.69) is 5.32 Å². The summed E-state index contributed by atoms with van der Waals surface area (Å²) in [4.78, 5) is 11.8. The van der Waals surface area contributed by atoms with E-state index in [1.54, 1.807) is 6.07 Å². The Morgan fingerprint density at radius 1 is 1.43 bits per heavy atom. The van der Waals surface area contributed by atoms with E-state index in [0.717, 1.165) is 0 Å². The number of carbonyl (C=O) groups is 1. The first kappa shape index (κ1) is 15.0. The summed E-state index contributed by atoms with van der Waals surface area (Å²) in [5, 5.41) is 21.8. The molecule has 0 aliphatic heterocycles. The normalized spacial score (nSPS) is 13.7. The predicted octanol–water partition coefficient (Wildman–Crippen LogP) is 1.90. The first-order chi connectivity index (χ1) is 9.81. The predicted molar refractivity (Wildman–Crippen MR) is 68.6 cm³/mol. The van der Waals surface area contributed by atoms with E-state index in [9.17, 15) is 23.8 Å². The second-order valence-corrected chi connectivity index (χ2v) is 4.72. The number of aliphatic hydroxyl groups is 1. The largest absolute Gasteiger partial charge is 0.507 e. The van der Waals surface area contributed by atoms with E-state index < -0.39 is 34.5 Å². The molecule has 0 aliphatic rings. The van der Waals surface area contributed by atoms with Crippen LogP contribution in [0.4, 0.5) is 8.78 Å². The number of halogens is 2. The molecule has 1 heterocycles. The van der Waals surface area contributed by atoms with E-state index in [1.807, 2.05) is 0 Å². The lowest BCUT2D eigenvalue weighted by Gasteiger charge is -2.21. The van der Waals surface area contributed by atoms with Crippen molar-refractivity contribution in [1.82, 2.24) is 5.32 Å². The lowest BCUT2D eigenvalue weighted by molar-refractivity contribution is 0.0329. The van der Waals surface area contributed by atoms with Gasteiger partial charge in [-0.2, -0.15) is 0 Å². The standard InChI is InChI=1S/C14H13F2NO4/c1-14(20,11-3-2-4-21-11)7-17-13(19)12-9(16)5-8(15)6-10(12)18/h2-6,18,20H,7H2,1H3,(H,17,19). The summed E-state index contributed by atoms with van der Waals surface area (Å²) in [5.41, 5.74) is -2.20. The summed E-state index contributed by atoms with van der Waals surface area (Å²) in [5.74, 6) is -3.77. The van der Waals surface area contributed by atoms with Crippen molar-refractivity contribution in [3.63, 3.8) is 0 Å². The van der Waals surface area contributed by atoms with E-state index in [-0.39, 0.29) is 12.3 Å². The zero-order valence-electron chi connectivity index (χ0n) is 11.1. The third kappa shape index (κ3) is 3.19. The highest BCUT2D eigenvalue weighted by Gasteiger charge is 2.28. The highest BCUT2D eigenvalue weighted by molar-refractivity contribution is 5.97. The molecule has 2 rings (SSSR count). The van der Waals surface area contributed by atoms with Crippen molar-refractivity contribution in [2.75, 3.05) is 6.54 Å². The van der Waals surface area contributed by atoms with Gasteiger partial charge in [0, 0.05) is 12.1 Å².